The number of phenolic OH excluding ortho intramolecular Hbond substituents is 1. The van der Waals surface area contributed by atoms with E-state index in [0.29, 0.717) is 0 Å². The van der Waals surface area contributed by atoms with E-state index in [1.54, 1.807) is 24.3 Å². The van der Waals surface area contributed by atoms with Gasteiger partial charge in [-0.05, 0) is 35.0 Å². The standard InChI is InChI=1S/C11H8O3.CH2O3/c12-10-4-3-7-5-9(11(13)14)2-1-8(7)6-10;2-1(3)4/h1-6,12H,(H,13,14);(H2,2,3,4). The van der Waals surface area contributed by atoms with E-state index in [1.807, 2.05) is 0 Å². The molecule has 94 valence electrons. The number of carboxylic acid groups (broad SMARTS) is 3. The Kier molecular flexibility index (Phi) is 4.09. The van der Waals surface area contributed by atoms with Crippen LogP contribution in [0.5, 0.6) is 5.75 Å². The molecule has 0 aliphatic heterocycles. The van der Waals surface area contributed by atoms with Crippen molar-refractivity contribution in [1.29, 1.82) is 0 Å². The Morgan fingerprint density at radius 3 is 1.89 bits per heavy atom. The molecule has 0 radical (unpaired) electrons. The van der Waals surface area contributed by atoms with Gasteiger partial charge in [0.25, 0.3) is 0 Å². The van der Waals surface area contributed by atoms with Crippen molar-refractivity contribution in [2.45, 2.75) is 0 Å². The normalized spacial score (nSPS) is 9.33. The van der Waals surface area contributed by atoms with Gasteiger partial charge in [-0.25, -0.2) is 9.59 Å². The molecule has 2 aromatic rings. The first kappa shape index (κ1) is 13.3. The maximum absolute atomic E-state index is 10.7. The molecule has 0 unspecified atom stereocenters. The van der Waals surface area contributed by atoms with Crippen molar-refractivity contribution in [1.82, 2.24) is 0 Å². The predicted octanol–water partition coefficient (Wildman–Crippen LogP) is 2.47. The van der Waals surface area contributed by atoms with Crippen LogP contribution in [-0.2, 0) is 0 Å². The molecule has 0 heterocycles. The number of benzene rings is 2. The van der Waals surface area contributed by atoms with Crippen molar-refractivity contribution in [2.24, 2.45) is 0 Å². The van der Waals surface area contributed by atoms with E-state index >= 15 is 0 Å². The maximum atomic E-state index is 10.7. The van der Waals surface area contributed by atoms with Crippen LogP contribution < -0.4 is 0 Å². The van der Waals surface area contributed by atoms with Crippen LogP contribution in [0.2, 0.25) is 0 Å². The minimum atomic E-state index is -1.83. The van der Waals surface area contributed by atoms with Crippen molar-refractivity contribution in [3.8, 4) is 5.75 Å². The predicted molar refractivity (Wildman–Crippen MR) is 63.2 cm³/mol. The van der Waals surface area contributed by atoms with Gasteiger partial charge in [-0.1, -0.05) is 12.1 Å². The van der Waals surface area contributed by atoms with Crippen LogP contribution >= 0.6 is 0 Å². The number of carboxylic acids is 1. The molecule has 6 heteroatoms. The molecule has 0 fully saturated rings. The van der Waals surface area contributed by atoms with Crippen LogP contribution in [-0.4, -0.2) is 32.6 Å². The number of phenols is 1. The molecule has 0 bridgehead atoms. The minimum absolute atomic E-state index is 0.181. The Hall–Kier alpha value is -2.76. The molecule has 2 rings (SSSR count). The van der Waals surface area contributed by atoms with Gasteiger partial charge >= 0.3 is 12.1 Å². The second-order valence-corrected chi connectivity index (χ2v) is 3.33. The highest BCUT2D eigenvalue weighted by Crippen LogP contribution is 2.20. The van der Waals surface area contributed by atoms with Crippen LogP contribution in [0.15, 0.2) is 36.4 Å². The molecule has 0 aliphatic rings. The van der Waals surface area contributed by atoms with Gasteiger partial charge in [-0.2, -0.15) is 0 Å². The summed E-state index contributed by atoms with van der Waals surface area (Å²) in [4.78, 5) is 19.2. The van der Waals surface area contributed by atoms with Crippen molar-refractivity contribution >= 4 is 22.9 Å². The highest BCUT2D eigenvalue weighted by Gasteiger charge is 2.03. The van der Waals surface area contributed by atoms with Crippen molar-refractivity contribution < 1.29 is 30.0 Å². The Morgan fingerprint density at radius 2 is 1.33 bits per heavy atom. The van der Waals surface area contributed by atoms with Crippen LogP contribution in [0, 0.1) is 0 Å². The smallest absolute Gasteiger partial charge is 0.503 e. The maximum Gasteiger partial charge on any atom is 0.503 e. The van der Waals surface area contributed by atoms with Crippen LogP contribution in [0.4, 0.5) is 4.79 Å². The summed E-state index contributed by atoms with van der Waals surface area (Å²) in [6, 6.07) is 9.60. The number of aromatic hydroxyl groups is 1. The number of fused-ring (bicyclic) bond motifs is 1. The Balaban J connectivity index is 0.000000357. The summed E-state index contributed by atoms with van der Waals surface area (Å²) in [5.41, 5.74) is 0.253. The molecular formula is C12H10O6. The van der Waals surface area contributed by atoms with E-state index in [0.717, 1.165) is 10.8 Å². The van der Waals surface area contributed by atoms with Crippen molar-refractivity contribution in [3.05, 3.63) is 42.0 Å². The fourth-order valence-corrected chi connectivity index (χ4v) is 1.37. The van der Waals surface area contributed by atoms with E-state index in [9.17, 15) is 9.90 Å². The zero-order chi connectivity index (χ0) is 13.7. The summed E-state index contributed by atoms with van der Waals surface area (Å²) >= 11 is 0. The van der Waals surface area contributed by atoms with Gasteiger partial charge in [0, 0.05) is 0 Å². The van der Waals surface area contributed by atoms with Crippen molar-refractivity contribution in [2.75, 3.05) is 0 Å². The minimum Gasteiger partial charge on any atom is -0.508 e. The Labute approximate surface area is 101 Å². The summed E-state index contributed by atoms with van der Waals surface area (Å²) in [6.07, 6.45) is -1.83. The molecule has 0 saturated carbocycles. The monoisotopic (exact) mass is 250 g/mol. The third-order valence-electron chi connectivity index (χ3n) is 2.07. The molecule has 18 heavy (non-hydrogen) atoms. The molecule has 0 amide bonds. The average Bonchev–Trinajstić information content (AvgIpc) is 2.27. The highest BCUT2D eigenvalue weighted by atomic mass is 16.6. The van der Waals surface area contributed by atoms with Gasteiger partial charge < -0.3 is 20.4 Å². The van der Waals surface area contributed by atoms with Gasteiger partial charge in [-0.15, -0.1) is 0 Å². The molecule has 6 nitrogen and oxygen atoms in total. The van der Waals surface area contributed by atoms with Gasteiger partial charge in [0.2, 0.25) is 0 Å². The third kappa shape index (κ3) is 3.67. The fraction of sp³-hybridized carbons (Fsp3) is 0. The number of hydrogen-bond acceptors (Lipinski definition) is 3. The SMILES string of the molecule is O=C(O)O.O=C(O)c1ccc2cc(O)ccc2c1. The topological polar surface area (TPSA) is 115 Å². The lowest BCUT2D eigenvalue weighted by Crippen LogP contribution is -1.94. The van der Waals surface area contributed by atoms with Crippen LogP contribution in [0.1, 0.15) is 10.4 Å². The number of hydrogen-bond donors (Lipinski definition) is 4. The van der Waals surface area contributed by atoms with E-state index < -0.39 is 12.1 Å². The molecular weight excluding hydrogens is 240 g/mol. The molecule has 0 saturated heterocycles. The molecule has 0 aromatic heterocycles. The third-order valence-corrected chi connectivity index (χ3v) is 2.07. The molecule has 4 N–H and O–H groups in total. The van der Waals surface area contributed by atoms with E-state index in [2.05, 4.69) is 0 Å². The number of aromatic carboxylic acids is 1. The Morgan fingerprint density at radius 1 is 0.833 bits per heavy atom. The number of rotatable bonds is 1. The quantitative estimate of drug-likeness (QED) is 0.618. The van der Waals surface area contributed by atoms with E-state index in [4.69, 9.17) is 20.1 Å². The summed E-state index contributed by atoms with van der Waals surface area (Å²) in [5, 5.41) is 33.5. The second-order valence-electron chi connectivity index (χ2n) is 3.33. The lowest BCUT2D eigenvalue weighted by Gasteiger charge is -2.00. The van der Waals surface area contributed by atoms with Gasteiger partial charge in [0.05, 0.1) is 5.56 Å². The molecule has 0 atom stereocenters. The number of carbonyl (C=O) groups is 2. The Bertz CT molecular complexity index is 586. The lowest BCUT2D eigenvalue weighted by atomic mass is 10.1. The van der Waals surface area contributed by atoms with Crippen LogP contribution in [0.25, 0.3) is 10.8 Å². The highest BCUT2D eigenvalue weighted by molar-refractivity contribution is 5.94. The lowest BCUT2D eigenvalue weighted by molar-refractivity contribution is 0.0697. The zero-order valence-corrected chi connectivity index (χ0v) is 9.07. The summed E-state index contributed by atoms with van der Waals surface area (Å²) in [6.45, 7) is 0. The largest absolute Gasteiger partial charge is 0.508 e. The fourth-order valence-electron chi connectivity index (χ4n) is 1.37. The van der Waals surface area contributed by atoms with Crippen molar-refractivity contribution in [3.63, 3.8) is 0 Å². The summed E-state index contributed by atoms with van der Waals surface area (Å²) < 4.78 is 0. The zero-order valence-electron chi connectivity index (χ0n) is 9.07. The van der Waals surface area contributed by atoms with Gasteiger partial charge in [-0.3, -0.25) is 0 Å². The molecule has 0 spiro atoms. The summed E-state index contributed by atoms with van der Waals surface area (Å²) in [5.74, 6) is -0.763. The first-order valence-electron chi connectivity index (χ1n) is 4.78. The van der Waals surface area contributed by atoms with Crippen LogP contribution in [0.3, 0.4) is 0 Å². The van der Waals surface area contributed by atoms with Gasteiger partial charge in [0.15, 0.2) is 0 Å². The van der Waals surface area contributed by atoms with Gasteiger partial charge in [0.1, 0.15) is 5.75 Å². The molecule has 2 aromatic carbocycles. The first-order chi connectivity index (χ1) is 8.40. The summed E-state index contributed by atoms with van der Waals surface area (Å²) in [7, 11) is 0. The average molecular weight is 250 g/mol. The molecule has 0 aliphatic carbocycles. The first-order valence-corrected chi connectivity index (χ1v) is 4.78. The van der Waals surface area contributed by atoms with E-state index in [-0.39, 0.29) is 11.3 Å². The van der Waals surface area contributed by atoms with E-state index in [1.165, 1.54) is 12.1 Å². The second kappa shape index (κ2) is 5.53.